The molecule has 0 fully saturated rings. The quantitative estimate of drug-likeness (QED) is 0.832. The fourth-order valence-corrected chi connectivity index (χ4v) is 3.30. The van der Waals surface area contributed by atoms with E-state index in [4.69, 9.17) is 14.5 Å². The maximum Gasteiger partial charge on any atom is 0.196 e. The predicted molar refractivity (Wildman–Crippen MR) is 82.4 cm³/mol. The molecule has 0 bridgehead atoms. The highest BCUT2D eigenvalue weighted by Crippen LogP contribution is 2.42. The summed E-state index contributed by atoms with van der Waals surface area (Å²) in [6, 6.07) is 14.4. The van der Waals surface area contributed by atoms with Crippen LogP contribution < -0.4 is 4.74 Å². The Morgan fingerprint density at radius 3 is 2.86 bits per heavy atom. The minimum Gasteiger partial charge on any atom is -0.496 e. The highest BCUT2D eigenvalue weighted by atomic mass is 16.5. The van der Waals surface area contributed by atoms with Crippen LogP contribution in [0.1, 0.15) is 29.0 Å². The molecular formula is C18H17NO2. The van der Waals surface area contributed by atoms with Crippen molar-refractivity contribution >= 4 is 11.6 Å². The van der Waals surface area contributed by atoms with Gasteiger partial charge in [-0.25, -0.2) is 4.99 Å². The van der Waals surface area contributed by atoms with Gasteiger partial charge in [0, 0.05) is 11.1 Å². The molecule has 1 unspecified atom stereocenters. The van der Waals surface area contributed by atoms with E-state index >= 15 is 0 Å². The van der Waals surface area contributed by atoms with Gasteiger partial charge in [0.2, 0.25) is 0 Å². The normalized spacial score (nSPS) is 19.3. The molecule has 2 aliphatic rings. The fraction of sp³-hybridized carbons (Fsp3) is 0.278. The maximum atomic E-state index is 5.94. The van der Waals surface area contributed by atoms with Crippen LogP contribution in [0.4, 0.5) is 5.69 Å². The number of fused-ring (bicyclic) bond motifs is 2. The third-order valence-electron chi connectivity index (χ3n) is 4.32. The van der Waals surface area contributed by atoms with Gasteiger partial charge < -0.3 is 9.47 Å². The van der Waals surface area contributed by atoms with Crippen molar-refractivity contribution in [3.63, 3.8) is 0 Å². The molecule has 106 valence electrons. The molecule has 3 nitrogen and oxygen atoms in total. The van der Waals surface area contributed by atoms with E-state index in [-0.39, 0.29) is 5.92 Å². The molecule has 1 aliphatic carbocycles. The Hall–Kier alpha value is -2.29. The van der Waals surface area contributed by atoms with Gasteiger partial charge in [0.25, 0.3) is 0 Å². The lowest BCUT2D eigenvalue weighted by Crippen LogP contribution is -2.17. The largest absolute Gasteiger partial charge is 0.496 e. The van der Waals surface area contributed by atoms with Gasteiger partial charge in [-0.3, -0.25) is 0 Å². The Bertz CT molecular complexity index is 721. The Morgan fingerprint density at radius 1 is 1.10 bits per heavy atom. The van der Waals surface area contributed by atoms with Crippen LogP contribution in [0.25, 0.3) is 0 Å². The number of benzene rings is 2. The second-order valence-electron chi connectivity index (χ2n) is 5.49. The van der Waals surface area contributed by atoms with Crippen molar-refractivity contribution in [1.82, 2.24) is 0 Å². The molecule has 2 aromatic carbocycles. The monoisotopic (exact) mass is 279 g/mol. The SMILES string of the molecule is COc1cccc2c1C(C1=Nc3ccccc3CO1)CC2. The van der Waals surface area contributed by atoms with Gasteiger partial charge in [0.05, 0.1) is 18.7 Å². The molecule has 0 spiro atoms. The molecular weight excluding hydrogens is 262 g/mol. The molecule has 2 aromatic rings. The number of methoxy groups -OCH3 is 1. The summed E-state index contributed by atoms with van der Waals surface area (Å²) in [5, 5.41) is 0. The van der Waals surface area contributed by atoms with E-state index in [2.05, 4.69) is 24.3 Å². The number of aliphatic imine (C=N–C) groups is 1. The first kappa shape index (κ1) is 12.5. The molecule has 0 aromatic heterocycles. The lowest BCUT2D eigenvalue weighted by molar-refractivity contribution is 0.271. The third-order valence-corrected chi connectivity index (χ3v) is 4.32. The first-order chi connectivity index (χ1) is 10.4. The minimum atomic E-state index is 0.213. The van der Waals surface area contributed by atoms with Crippen LogP contribution in [-0.4, -0.2) is 13.0 Å². The smallest absolute Gasteiger partial charge is 0.196 e. The minimum absolute atomic E-state index is 0.213. The molecule has 0 saturated heterocycles. The number of aryl methyl sites for hydroxylation is 1. The number of nitrogens with zero attached hydrogens (tertiary/aromatic N) is 1. The second-order valence-corrected chi connectivity index (χ2v) is 5.49. The van der Waals surface area contributed by atoms with Crippen LogP contribution >= 0.6 is 0 Å². The zero-order valence-electron chi connectivity index (χ0n) is 12.0. The van der Waals surface area contributed by atoms with Crippen molar-refractivity contribution in [3.8, 4) is 5.75 Å². The average Bonchev–Trinajstić information content (AvgIpc) is 2.98. The van der Waals surface area contributed by atoms with Crippen LogP contribution in [0.15, 0.2) is 47.5 Å². The van der Waals surface area contributed by atoms with Gasteiger partial charge in [-0.1, -0.05) is 30.3 Å². The van der Waals surface area contributed by atoms with Gasteiger partial charge in [-0.05, 0) is 30.5 Å². The van der Waals surface area contributed by atoms with Crippen molar-refractivity contribution in [2.75, 3.05) is 7.11 Å². The summed E-state index contributed by atoms with van der Waals surface area (Å²) in [5.74, 6) is 1.99. The van der Waals surface area contributed by atoms with Crippen molar-refractivity contribution < 1.29 is 9.47 Å². The number of hydrogen-bond donors (Lipinski definition) is 0. The van der Waals surface area contributed by atoms with Crippen LogP contribution in [0.2, 0.25) is 0 Å². The van der Waals surface area contributed by atoms with Gasteiger partial charge in [-0.2, -0.15) is 0 Å². The van der Waals surface area contributed by atoms with Gasteiger partial charge in [0.15, 0.2) is 5.90 Å². The lowest BCUT2D eigenvalue weighted by Gasteiger charge is -2.22. The van der Waals surface area contributed by atoms with E-state index in [1.165, 1.54) is 11.1 Å². The van der Waals surface area contributed by atoms with Crippen LogP contribution in [0.3, 0.4) is 0 Å². The van der Waals surface area contributed by atoms with Crippen molar-refractivity contribution in [2.24, 2.45) is 4.99 Å². The number of hydrogen-bond acceptors (Lipinski definition) is 3. The van der Waals surface area contributed by atoms with Gasteiger partial charge in [-0.15, -0.1) is 0 Å². The first-order valence-electron chi connectivity index (χ1n) is 7.32. The van der Waals surface area contributed by atoms with E-state index in [0.717, 1.165) is 35.7 Å². The second kappa shape index (κ2) is 4.92. The van der Waals surface area contributed by atoms with Crippen LogP contribution in [0, 0.1) is 0 Å². The Labute approximate surface area is 124 Å². The molecule has 1 heterocycles. The van der Waals surface area contributed by atoms with E-state index in [9.17, 15) is 0 Å². The van der Waals surface area contributed by atoms with E-state index in [0.29, 0.717) is 6.61 Å². The van der Waals surface area contributed by atoms with Gasteiger partial charge in [0.1, 0.15) is 12.4 Å². The lowest BCUT2D eigenvalue weighted by atomic mass is 9.99. The molecule has 0 amide bonds. The highest BCUT2D eigenvalue weighted by molar-refractivity contribution is 5.89. The van der Waals surface area contributed by atoms with Crippen LogP contribution in [-0.2, 0) is 17.8 Å². The molecule has 0 radical (unpaired) electrons. The first-order valence-corrected chi connectivity index (χ1v) is 7.32. The summed E-state index contributed by atoms with van der Waals surface area (Å²) in [6.45, 7) is 0.607. The van der Waals surface area contributed by atoms with Gasteiger partial charge >= 0.3 is 0 Å². The standard InChI is InChI=1S/C18H17NO2/c1-20-16-8-4-6-12-9-10-14(17(12)16)18-19-15-7-3-2-5-13(15)11-21-18/h2-8,14H,9-11H2,1H3. The highest BCUT2D eigenvalue weighted by Gasteiger charge is 2.32. The molecule has 3 heteroatoms. The number of para-hydroxylation sites is 1. The number of ether oxygens (including phenoxy) is 2. The molecule has 1 aliphatic heterocycles. The summed E-state index contributed by atoms with van der Waals surface area (Å²) in [6.07, 6.45) is 2.10. The Morgan fingerprint density at radius 2 is 1.95 bits per heavy atom. The molecule has 4 rings (SSSR count). The fourth-order valence-electron chi connectivity index (χ4n) is 3.30. The maximum absolute atomic E-state index is 5.94. The summed E-state index contributed by atoms with van der Waals surface area (Å²) in [4.78, 5) is 4.74. The topological polar surface area (TPSA) is 30.8 Å². The van der Waals surface area contributed by atoms with E-state index in [1.54, 1.807) is 7.11 Å². The zero-order valence-corrected chi connectivity index (χ0v) is 12.0. The molecule has 21 heavy (non-hydrogen) atoms. The Balaban J connectivity index is 1.77. The molecule has 1 atom stereocenters. The van der Waals surface area contributed by atoms with Crippen LogP contribution in [0.5, 0.6) is 5.75 Å². The average molecular weight is 279 g/mol. The summed E-state index contributed by atoms with van der Waals surface area (Å²) >= 11 is 0. The van der Waals surface area contributed by atoms with Crippen molar-refractivity contribution in [3.05, 3.63) is 59.2 Å². The third kappa shape index (κ3) is 2.00. The number of rotatable bonds is 2. The molecule has 0 saturated carbocycles. The van der Waals surface area contributed by atoms with Crippen molar-refractivity contribution in [2.45, 2.75) is 25.4 Å². The predicted octanol–water partition coefficient (Wildman–Crippen LogP) is 3.99. The Kier molecular flexibility index (Phi) is 2.92. The molecule has 0 N–H and O–H groups in total. The summed E-state index contributed by atoms with van der Waals surface area (Å²) in [5.41, 5.74) is 4.78. The summed E-state index contributed by atoms with van der Waals surface area (Å²) < 4.78 is 11.5. The van der Waals surface area contributed by atoms with Crippen molar-refractivity contribution in [1.29, 1.82) is 0 Å². The zero-order chi connectivity index (χ0) is 14.2. The van der Waals surface area contributed by atoms with E-state index < -0.39 is 0 Å². The summed E-state index contributed by atoms with van der Waals surface area (Å²) in [7, 11) is 1.73. The van der Waals surface area contributed by atoms with E-state index in [1.807, 2.05) is 18.2 Å².